The van der Waals surface area contributed by atoms with E-state index in [1.54, 1.807) is 0 Å². The Balaban J connectivity index is 1.20. The molecule has 34 heavy (non-hydrogen) atoms. The largest absolute Gasteiger partial charge is 0.462 e. The maximum atomic E-state index is 12.3. The van der Waals surface area contributed by atoms with Gasteiger partial charge in [0.2, 0.25) is 0 Å². The third-order valence-electron chi connectivity index (χ3n) is 7.83. The summed E-state index contributed by atoms with van der Waals surface area (Å²) in [6.07, 6.45) is 10.8. The number of piperidine rings is 2. The van der Waals surface area contributed by atoms with Crippen molar-refractivity contribution in [1.82, 2.24) is 10.6 Å². The van der Waals surface area contributed by atoms with Crippen LogP contribution in [0.4, 0.5) is 0 Å². The van der Waals surface area contributed by atoms with E-state index in [1.165, 1.54) is 0 Å². The van der Waals surface area contributed by atoms with Crippen LogP contribution in [0.1, 0.15) is 126 Å². The average molecular weight is 479 g/mol. The van der Waals surface area contributed by atoms with Crippen LogP contribution in [0.2, 0.25) is 0 Å². The molecule has 0 aromatic rings. The topological polar surface area (TPSA) is 76.7 Å². The Hall–Kier alpha value is -1.14. The fraction of sp³-hybridized carbons (Fsp3) is 0.929. The molecule has 0 spiro atoms. The van der Waals surface area contributed by atoms with Crippen LogP contribution in [0.25, 0.3) is 0 Å². The first-order valence-corrected chi connectivity index (χ1v) is 13.7. The van der Waals surface area contributed by atoms with Crippen LogP contribution in [-0.2, 0) is 19.1 Å². The summed E-state index contributed by atoms with van der Waals surface area (Å²) < 4.78 is 11.7. The van der Waals surface area contributed by atoms with E-state index in [-0.39, 0.29) is 46.3 Å². The van der Waals surface area contributed by atoms with Crippen molar-refractivity contribution in [2.75, 3.05) is 0 Å². The maximum absolute atomic E-state index is 12.3. The molecule has 0 bridgehead atoms. The van der Waals surface area contributed by atoms with Gasteiger partial charge in [-0.3, -0.25) is 9.59 Å². The number of carbonyl (C=O) groups is 2. The second-order valence-corrected chi connectivity index (χ2v) is 13.5. The third-order valence-corrected chi connectivity index (χ3v) is 7.83. The van der Waals surface area contributed by atoms with E-state index in [4.69, 9.17) is 9.47 Å². The minimum Gasteiger partial charge on any atom is -0.462 e. The zero-order valence-electron chi connectivity index (χ0n) is 22.9. The first-order chi connectivity index (χ1) is 15.7. The lowest BCUT2D eigenvalue weighted by atomic mass is 9.81. The summed E-state index contributed by atoms with van der Waals surface area (Å²) in [5.41, 5.74) is 0.156. The van der Waals surface area contributed by atoms with Crippen LogP contribution in [0, 0.1) is 5.92 Å². The molecule has 196 valence electrons. The zero-order chi connectivity index (χ0) is 25.2. The second kappa shape index (κ2) is 10.5. The van der Waals surface area contributed by atoms with E-state index in [0.29, 0.717) is 18.8 Å². The van der Waals surface area contributed by atoms with Crippen molar-refractivity contribution in [3.05, 3.63) is 0 Å². The Morgan fingerprint density at radius 3 is 1.68 bits per heavy atom. The summed E-state index contributed by atoms with van der Waals surface area (Å²) in [5, 5.41) is 7.32. The van der Waals surface area contributed by atoms with Gasteiger partial charge in [0.05, 0.1) is 0 Å². The Labute approximate surface area is 207 Å². The van der Waals surface area contributed by atoms with E-state index < -0.39 is 0 Å². The Morgan fingerprint density at radius 1 is 0.647 bits per heavy atom. The fourth-order valence-corrected chi connectivity index (χ4v) is 6.71. The Bertz CT molecular complexity index is 713. The predicted octanol–water partition coefficient (Wildman–Crippen LogP) is 5.42. The molecule has 2 N–H and O–H groups in total. The molecule has 2 aliphatic heterocycles. The number of fused-ring (bicyclic) bond motifs is 1. The first kappa shape index (κ1) is 27.4. The summed E-state index contributed by atoms with van der Waals surface area (Å²) in [7, 11) is 0. The monoisotopic (exact) mass is 478 g/mol. The summed E-state index contributed by atoms with van der Waals surface area (Å²) in [5.74, 6) is 0.377. The van der Waals surface area contributed by atoms with Crippen LogP contribution >= 0.6 is 0 Å². The van der Waals surface area contributed by atoms with E-state index in [1.807, 2.05) is 0 Å². The van der Waals surface area contributed by atoms with E-state index >= 15 is 0 Å². The molecule has 0 aromatic heterocycles. The lowest BCUT2D eigenvalue weighted by Crippen LogP contribution is -2.59. The summed E-state index contributed by atoms with van der Waals surface area (Å²) >= 11 is 0. The van der Waals surface area contributed by atoms with Crippen LogP contribution < -0.4 is 10.6 Å². The molecule has 0 aromatic carbocycles. The van der Waals surface area contributed by atoms with Crippen LogP contribution in [-0.4, -0.2) is 46.3 Å². The Morgan fingerprint density at radius 2 is 1.12 bits per heavy atom. The van der Waals surface area contributed by atoms with Gasteiger partial charge in [0.15, 0.2) is 0 Å². The van der Waals surface area contributed by atoms with Gasteiger partial charge in [-0.25, -0.2) is 0 Å². The highest BCUT2D eigenvalue weighted by Crippen LogP contribution is 2.53. The number of nitrogens with one attached hydrogen (secondary N) is 2. The summed E-state index contributed by atoms with van der Waals surface area (Å²) in [6.45, 7) is 15.3. The lowest BCUT2D eigenvalue weighted by molar-refractivity contribution is -0.154. The van der Waals surface area contributed by atoms with Gasteiger partial charge in [-0.05, 0) is 67.7 Å². The first-order valence-electron chi connectivity index (χ1n) is 13.7. The molecule has 0 amide bonds. The number of ether oxygens (including phenoxy) is 2. The molecule has 1 aliphatic carbocycles. The Kier molecular flexibility index (Phi) is 8.44. The molecule has 3 rings (SSSR count). The molecule has 3 aliphatic rings. The van der Waals surface area contributed by atoms with Crippen molar-refractivity contribution in [3.8, 4) is 0 Å². The number of hydrogen-bond acceptors (Lipinski definition) is 6. The number of hydrogen-bond donors (Lipinski definition) is 2. The lowest BCUT2D eigenvalue weighted by Gasteiger charge is -2.45. The number of carbonyl (C=O) groups excluding carboxylic acids is 2. The van der Waals surface area contributed by atoms with Crippen molar-refractivity contribution in [1.29, 1.82) is 0 Å². The summed E-state index contributed by atoms with van der Waals surface area (Å²) in [4.78, 5) is 24.6. The number of rotatable bonds is 11. The van der Waals surface area contributed by atoms with Crippen LogP contribution in [0.5, 0.6) is 0 Å². The van der Waals surface area contributed by atoms with Crippen molar-refractivity contribution < 1.29 is 19.1 Å². The van der Waals surface area contributed by atoms with Gasteiger partial charge in [-0.1, -0.05) is 25.7 Å². The zero-order valence-corrected chi connectivity index (χ0v) is 22.9. The van der Waals surface area contributed by atoms with Gasteiger partial charge in [0, 0.05) is 60.2 Å². The van der Waals surface area contributed by atoms with E-state index in [0.717, 1.165) is 64.2 Å². The number of esters is 2. The smallest absolute Gasteiger partial charge is 0.306 e. The molecule has 3 atom stereocenters. The van der Waals surface area contributed by atoms with Gasteiger partial charge in [0.25, 0.3) is 0 Å². The normalized spacial score (nSPS) is 31.4. The third kappa shape index (κ3) is 8.22. The highest BCUT2D eigenvalue weighted by Gasteiger charge is 2.61. The molecule has 0 radical (unpaired) electrons. The predicted molar refractivity (Wildman–Crippen MR) is 136 cm³/mol. The molecular formula is C28H50N2O4. The quantitative estimate of drug-likeness (QED) is 0.305. The molecule has 6 nitrogen and oxygen atoms in total. The molecule has 2 saturated heterocycles. The van der Waals surface area contributed by atoms with E-state index in [9.17, 15) is 9.59 Å². The highest BCUT2D eigenvalue weighted by atomic mass is 16.5. The van der Waals surface area contributed by atoms with Crippen molar-refractivity contribution in [2.24, 2.45) is 5.92 Å². The van der Waals surface area contributed by atoms with Gasteiger partial charge in [-0.2, -0.15) is 0 Å². The maximum Gasteiger partial charge on any atom is 0.306 e. The van der Waals surface area contributed by atoms with Crippen molar-refractivity contribution in [3.63, 3.8) is 0 Å². The minimum absolute atomic E-state index is 0.00288. The van der Waals surface area contributed by atoms with Crippen molar-refractivity contribution >= 4 is 11.9 Å². The summed E-state index contributed by atoms with van der Waals surface area (Å²) in [6, 6.07) is 0. The average Bonchev–Trinajstić information content (AvgIpc) is 3.31. The molecule has 2 unspecified atom stereocenters. The fourth-order valence-electron chi connectivity index (χ4n) is 6.71. The minimum atomic E-state index is -0.0610. The SMILES string of the molecule is CC1(C)CC(OC(=O)CCCCCCCCC(=O)OC2CC(C)(C)NC3(C)C[C@@H]23)CC(C)(C)N1. The van der Waals surface area contributed by atoms with Crippen LogP contribution in [0.15, 0.2) is 0 Å². The van der Waals surface area contributed by atoms with Gasteiger partial charge >= 0.3 is 11.9 Å². The molecule has 2 heterocycles. The van der Waals surface area contributed by atoms with E-state index in [2.05, 4.69) is 59.1 Å². The molecule has 1 saturated carbocycles. The van der Waals surface area contributed by atoms with Crippen LogP contribution in [0.3, 0.4) is 0 Å². The molecular weight excluding hydrogens is 428 g/mol. The molecule has 6 heteroatoms. The molecule has 3 fully saturated rings. The highest BCUT2D eigenvalue weighted by molar-refractivity contribution is 5.70. The van der Waals surface area contributed by atoms with Gasteiger partial charge < -0.3 is 20.1 Å². The number of unbranched alkanes of at least 4 members (excludes halogenated alkanes) is 5. The standard InChI is InChI=1S/C28H50N2O4/c1-25(2)16-20(17-26(3,4)29-25)33-23(31)14-12-10-8-9-11-13-15-24(32)34-22-19-27(5,6)30-28(7)18-21(22)28/h20-22,29-30H,8-19H2,1-7H3/t21-,22?,28?/m0/s1. The van der Waals surface area contributed by atoms with Crippen molar-refractivity contribution in [2.45, 2.75) is 160 Å². The van der Waals surface area contributed by atoms with Gasteiger partial charge in [-0.15, -0.1) is 0 Å². The van der Waals surface area contributed by atoms with Gasteiger partial charge in [0.1, 0.15) is 12.2 Å². The second-order valence-electron chi connectivity index (χ2n) is 13.5.